The van der Waals surface area contributed by atoms with Gasteiger partial charge in [0.2, 0.25) is 13.5 Å². The molecule has 0 unspecified atom stereocenters. The second kappa shape index (κ2) is 5.52. The zero-order valence-electron chi connectivity index (χ0n) is 8.60. The van der Waals surface area contributed by atoms with E-state index in [4.69, 9.17) is 7.98 Å². The van der Waals surface area contributed by atoms with Gasteiger partial charge in [-0.05, 0) is 0 Å². The third-order valence-electron chi connectivity index (χ3n) is 2.04. The molecule has 0 atom stereocenters. The molecule has 0 aliphatic rings. The Labute approximate surface area is 116 Å². The molecule has 1 aromatic carbocycles. The van der Waals surface area contributed by atoms with Crippen molar-refractivity contribution in [1.29, 1.82) is 0 Å². The van der Waals surface area contributed by atoms with Gasteiger partial charge in [0.1, 0.15) is 0 Å². The maximum Gasteiger partial charge on any atom is 0.241 e. The first-order chi connectivity index (χ1) is 6.20. The van der Waals surface area contributed by atoms with Crippen molar-refractivity contribution in [2.45, 2.75) is 0 Å². The van der Waals surface area contributed by atoms with E-state index in [0.717, 1.165) is 9.86 Å². The number of rotatable bonds is 0. The normalized spacial score (nSPS) is 9.07. The summed E-state index contributed by atoms with van der Waals surface area (Å²) >= 11 is 0. The first kappa shape index (κ1) is 14.5. The first-order valence-corrected chi connectivity index (χ1v) is 3.92. The molecule has 2 rings (SSSR count). The zero-order valence-corrected chi connectivity index (χ0v) is 11.4. The van der Waals surface area contributed by atoms with Crippen molar-refractivity contribution in [3.05, 3.63) is 60.7 Å². The number of aromatic nitrogens is 1. The Morgan fingerprint density at radius 1 is 1.27 bits per heavy atom. The molecule has 1 heterocycles. The van der Waals surface area contributed by atoms with Crippen LogP contribution < -0.4 is 5.56 Å². The molecule has 2 aromatic rings. The fraction of sp³-hybridized carbons (Fsp3) is 0. The van der Waals surface area contributed by atoms with E-state index in [2.05, 4.69) is 6.92 Å². The van der Waals surface area contributed by atoms with E-state index >= 15 is 0 Å². The van der Waals surface area contributed by atoms with Gasteiger partial charge in [-0.15, -0.1) is 5.69 Å². The summed E-state index contributed by atoms with van der Waals surface area (Å²) < 4.78 is 1.06. The van der Waals surface area contributed by atoms with Crippen LogP contribution in [-0.4, -0.2) is 12.5 Å². The third kappa shape index (κ3) is 2.53. The Morgan fingerprint density at radius 2 is 1.87 bits per heavy atom. The summed E-state index contributed by atoms with van der Waals surface area (Å²) in [5.74, 6) is 0. The monoisotopic (exact) mass is 272 g/mol. The third-order valence-corrected chi connectivity index (χ3v) is 2.04. The Kier molecular flexibility index (Phi) is 5.33. The number of hydrogen-bond acceptors (Lipinski definition) is 1. The predicted molar refractivity (Wildman–Crippen MR) is 60.2 cm³/mol. The van der Waals surface area contributed by atoms with Gasteiger partial charge < -0.3 is 11.9 Å². The quantitative estimate of drug-likeness (QED) is 0.527. The van der Waals surface area contributed by atoms with Crippen molar-refractivity contribution in [3.63, 3.8) is 0 Å². The Balaban J connectivity index is 0.000000980. The van der Waals surface area contributed by atoms with Crippen LogP contribution in [0, 0.1) is 14.4 Å². The molecule has 2 nitrogen and oxygen atoms in total. The average Bonchev–Trinajstić information content (AvgIpc) is 2.15. The van der Waals surface area contributed by atoms with Gasteiger partial charge in [0.25, 0.3) is 0 Å². The summed E-state index contributed by atoms with van der Waals surface area (Å²) in [6, 6.07) is 9.09. The topological polar surface area (TPSA) is 22.0 Å². The molecular formula is C11H10BNOY-2. The minimum absolute atomic E-state index is 0. The van der Waals surface area contributed by atoms with Gasteiger partial charge in [-0.25, -0.2) is 6.92 Å². The van der Waals surface area contributed by atoms with Gasteiger partial charge in [-0.1, -0.05) is 29.7 Å². The second-order valence-corrected chi connectivity index (χ2v) is 2.90. The van der Waals surface area contributed by atoms with Crippen LogP contribution in [0.15, 0.2) is 35.1 Å². The number of hydrogen-bond donors (Lipinski definition) is 0. The molecule has 3 radical (unpaired) electrons. The fourth-order valence-corrected chi connectivity index (χ4v) is 1.33. The molecule has 73 valence electrons. The molecule has 0 bridgehead atoms. The second-order valence-electron chi connectivity index (χ2n) is 2.90. The molecule has 0 aliphatic heterocycles. The van der Waals surface area contributed by atoms with Crippen molar-refractivity contribution < 1.29 is 32.7 Å². The summed E-state index contributed by atoms with van der Waals surface area (Å²) in [6.45, 7) is 3.67. The molecule has 0 saturated carbocycles. The van der Waals surface area contributed by atoms with Crippen molar-refractivity contribution >= 4 is 18.8 Å². The van der Waals surface area contributed by atoms with Crippen LogP contribution in [0.5, 0.6) is 0 Å². The number of benzene rings is 1. The molecule has 0 saturated heterocycles. The van der Waals surface area contributed by atoms with Crippen LogP contribution >= 0.6 is 0 Å². The molecule has 0 fully saturated rings. The van der Waals surface area contributed by atoms with E-state index in [9.17, 15) is 4.79 Å². The molecule has 1 aromatic heterocycles. The number of pyridine rings is 1. The van der Waals surface area contributed by atoms with Crippen LogP contribution in [0.4, 0.5) is 0 Å². The molecule has 0 N–H and O–H groups in total. The molecular weight excluding hydrogens is 262 g/mol. The average molecular weight is 272 g/mol. The molecule has 15 heavy (non-hydrogen) atoms. The smallest absolute Gasteiger partial charge is 0.241 e. The van der Waals surface area contributed by atoms with Crippen molar-refractivity contribution in [3.8, 4) is 0 Å². The molecule has 0 aliphatic carbocycles. The SMILES string of the molecule is [B]n1c([CH2-])cc2ccccc2c1=O.[CH3-].[Y]. The van der Waals surface area contributed by atoms with E-state index in [1.165, 1.54) is 0 Å². The van der Waals surface area contributed by atoms with E-state index in [-0.39, 0.29) is 45.7 Å². The largest absolute Gasteiger partial charge is 0.397 e. The minimum Gasteiger partial charge on any atom is -0.397 e. The van der Waals surface area contributed by atoms with Gasteiger partial charge in [0, 0.05) is 38.1 Å². The Bertz CT molecular complexity index is 521. The van der Waals surface area contributed by atoms with Gasteiger partial charge in [0.05, 0.1) is 0 Å². The minimum atomic E-state index is -0.205. The van der Waals surface area contributed by atoms with Gasteiger partial charge >= 0.3 is 0 Å². The van der Waals surface area contributed by atoms with Crippen molar-refractivity contribution in [2.24, 2.45) is 0 Å². The summed E-state index contributed by atoms with van der Waals surface area (Å²) in [5.41, 5.74) is 0.312. The molecule has 0 spiro atoms. The van der Waals surface area contributed by atoms with Crippen LogP contribution in [0.1, 0.15) is 5.69 Å². The van der Waals surface area contributed by atoms with E-state index < -0.39 is 0 Å². The summed E-state index contributed by atoms with van der Waals surface area (Å²) in [5, 5.41) is 1.50. The van der Waals surface area contributed by atoms with Crippen LogP contribution in [-0.2, 0) is 32.7 Å². The Hall–Kier alpha value is -0.531. The summed E-state index contributed by atoms with van der Waals surface area (Å²) in [7, 11) is 5.49. The summed E-state index contributed by atoms with van der Waals surface area (Å²) in [4.78, 5) is 11.5. The standard InChI is InChI=1S/C10H7BNO.CH3.Y/c1-7-6-8-4-2-3-5-9(8)10(13)12(7)11;;/h2-6H,1H2;1H3;/q2*-1;. The zero-order chi connectivity index (χ0) is 9.42. The van der Waals surface area contributed by atoms with Crippen LogP contribution in [0.3, 0.4) is 0 Å². The number of fused-ring (bicyclic) bond motifs is 1. The molecule has 0 amide bonds. The van der Waals surface area contributed by atoms with Gasteiger partial charge in [-0.3, -0.25) is 4.79 Å². The predicted octanol–water partition coefficient (Wildman–Crippen LogP) is 1.56. The maximum absolute atomic E-state index is 11.5. The van der Waals surface area contributed by atoms with Gasteiger partial charge in [-0.2, -0.15) is 6.07 Å². The molecule has 4 heteroatoms. The summed E-state index contributed by atoms with van der Waals surface area (Å²) in [6.07, 6.45) is 0. The van der Waals surface area contributed by atoms with Crippen LogP contribution in [0.25, 0.3) is 10.8 Å². The van der Waals surface area contributed by atoms with E-state index in [1.54, 1.807) is 12.1 Å². The van der Waals surface area contributed by atoms with Crippen molar-refractivity contribution in [2.75, 3.05) is 0 Å². The fourth-order valence-electron chi connectivity index (χ4n) is 1.33. The maximum atomic E-state index is 11.5. The van der Waals surface area contributed by atoms with Crippen molar-refractivity contribution in [1.82, 2.24) is 4.48 Å². The van der Waals surface area contributed by atoms with Gasteiger partial charge in [0.15, 0.2) is 0 Å². The van der Waals surface area contributed by atoms with E-state index in [1.807, 2.05) is 18.2 Å². The first-order valence-electron chi connectivity index (χ1n) is 3.92. The van der Waals surface area contributed by atoms with Crippen LogP contribution in [0.2, 0.25) is 0 Å². The van der Waals surface area contributed by atoms with E-state index in [0.29, 0.717) is 11.1 Å². The Morgan fingerprint density at radius 3 is 2.53 bits per heavy atom. The number of nitrogens with zero attached hydrogens (tertiary/aromatic N) is 1.